The van der Waals surface area contributed by atoms with Gasteiger partial charge in [-0.15, -0.1) is 0 Å². The highest BCUT2D eigenvalue weighted by atomic mass is 16.5. The average molecular weight is 249 g/mol. The lowest BCUT2D eigenvalue weighted by Gasteiger charge is -2.14. The quantitative estimate of drug-likeness (QED) is 0.707. The number of methoxy groups -OCH3 is 1. The van der Waals surface area contributed by atoms with Gasteiger partial charge in [-0.25, -0.2) is 4.98 Å². The molecular weight excluding hydrogens is 234 g/mol. The molecule has 1 aliphatic rings. The average Bonchev–Trinajstić information content (AvgIpc) is 2.80. The molecular formula is C12H15N3O3. The maximum atomic E-state index is 12.1. The third-order valence-electron chi connectivity index (χ3n) is 3.19. The molecule has 2 unspecified atom stereocenters. The molecule has 1 aromatic rings. The summed E-state index contributed by atoms with van der Waals surface area (Å²) in [6.07, 6.45) is 4.42. The Morgan fingerprint density at radius 3 is 2.78 bits per heavy atom. The van der Waals surface area contributed by atoms with E-state index in [1.54, 1.807) is 4.90 Å². The van der Waals surface area contributed by atoms with E-state index < -0.39 is 0 Å². The largest absolute Gasteiger partial charge is 0.469 e. The normalized spacial score (nSPS) is 22.9. The van der Waals surface area contributed by atoms with Crippen LogP contribution >= 0.6 is 0 Å². The lowest BCUT2D eigenvalue weighted by atomic mass is 9.99. The summed E-state index contributed by atoms with van der Waals surface area (Å²) < 4.78 is 4.73. The third kappa shape index (κ3) is 2.32. The Kier molecular flexibility index (Phi) is 3.55. The molecule has 2 atom stereocenters. The van der Waals surface area contributed by atoms with Gasteiger partial charge in [-0.05, 0) is 5.92 Å². The summed E-state index contributed by atoms with van der Waals surface area (Å²) in [5, 5.41) is 0. The van der Waals surface area contributed by atoms with Crippen LogP contribution in [-0.2, 0) is 9.53 Å². The van der Waals surface area contributed by atoms with Crippen LogP contribution in [0.3, 0.4) is 0 Å². The van der Waals surface area contributed by atoms with Gasteiger partial charge in [0.25, 0.3) is 5.91 Å². The minimum absolute atomic E-state index is 0.0954. The molecule has 1 saturated heterocycles. The maximum Gasteiger partial charge on any atom is 0.310 e. The van der Waals surface area contributed by atoms with Gasteiger partial charge in [0, 0.05) is 25.5 Å². The molecule has 18 heavy (non-hydrogen) atoms. The maximum absolute atomic E-state index is 12.1. The Bertz CT molecular complexity index is 449. The first-order valence-corrected chi connectivity index (χ1v) is 5.76. The molecule has 6 nitrogen and oxygen atoms in total. The zero-order valence-electron chi connectivity index (χ0n) is 10.4. The SMILES string of the molecule is COC(=O)C1CN(C(=O)c2cnccn2)CC1C. The van der Waals surface area contributed by atoms with E-state index in [1.165, 1.54) is 25.7 Å². The van der Waals surface area contributed by atoms with Gasteiger partial charge in [0.15, 0.2) is 0 Å². The summed E-state index contributed by atoms with van der Waals surface area (Å²) in [4.78, 5) is 33.1. The molecule has 0 spiro atoms. The van der Waals surface area contributed by atoms with Gasteiger partial charge in [-0.2, -0.15) is 0 Å². The molecule has 1 aromatic heterocycles. The lowest BCUT2D eigenvalue weighted by molar-refractivity contribution is -0.146. The molecule has 0 bridgehead atoms. The van der Waals surface area contributed by atoms with Crippen molar-refractivity contribution < 1.29 is 14.3 Å². The van der Waals surface area contributed by atoms with Crippen LogP contribution in [0.2, 0.25) is 0 Å². The zero-order chi connectivity index (χ0) is 13.1. The second kappa shape index (κ2) is 5.12. The summed E-state index contributed by atoms with van der Waals surface area (Å²) >= 11 is 0. The van der Waals surface area contributed by atoms with E-state index in [1.807, 2.05) is 6.92 Å². The van der Waals surface area contributed by atoms with Crippen molar-refractivity contribution in [3.05, 3.63) is 24.3 Å². The molecule has 6 heteroatoms. The van der Waals surface area contributed by atoms with E-state index in [2.05, 4.69) is 9.97 Å². The van der Waals surface area contributed by atoms with Crippen molar-refractivity contribution >= 4 is 11.9 Å². The highest BCUT2D eigenvalue weighted by Gasteiger charge is 2.38. The Labute approximate surface area is 105 Å². The highest BCUT2D eigenvalue weighted by Crippen LogP contribution is 2.24. The van der Waals surface area contributed by atoms with Gasteiger partial charge in [0.05, 0.1) is 19.2 Å². The lowest BCUT2D eigenvalue weighted by Crippen LogP contribution is -2.30. The highest BCUT2D eigenvalue weighted by molar-refractivity contribution is 5.92. The standard InChI is InChI=1S/C12H15N3O3/c1-8-6-15(7-9(8)12(17)18-2)11(16)10-5-13-3-4-14-10/h3-5,8-9H,6-7H2,1-2H3. The van der Waals surface area contributed by atoms with Crippen molar-refractivity contribution in [1.82, 2.24) is 14.9 Å². The molecule has 2 heterocycles. The van der Waals surface area contributed by atoms with Crippen LogP contribution < -0.4 is 0 Å². The number of aromatic nitrogens is 2. The monoisotopic (exact) mass is 249 g/mol. The van der Waals surface area contributed by atoms with Gasteiger partial charge in [0.1, 0.15) is 5.69 Å². The first kappa shape index (κ1) is 12.5. The summed E-state index contributed by atoms with van der Waals surface area (Å²) in [5.74, 6) is -0.619. The number of likely N-dealkylation sites (tertiary alicyclic amines) is 1. The fourth-order valence-corrected chi connectivity index (χ4v) is 2.16. The molecule has 0 aliphatic carbocycles. The molecule has 0 saturated carbocycles. The van der Waals surface area contributed by atoms with Gasteiger partial charge >= 0.3 is 5.97 Å². The van der Waals surface area contributed by atoms with Gasteiger partial charge in [0.2, 0.25) is 0 Å². The van der Waals surface area contributed by atoms with Crippen molar-refractivity contribution in [3.8, 4) is 0 Å². The Hall–Kier alpha value is -1.98. The second-order valence-electron chi connectivity index (χ2n) is 4.41. The van der Waals surface area contributed by atoms with Gasteiger partial charge < -0.3 is 9.64 Å². The van der Waals surface area contributed by atoms with Crippen LogP contribution in [0.25, 0.3) is 0 Å². The van der Waals surface area contributed by atoms with Gasteiger partial charge in [-0.3, -0.25) is 14.6 Å². The van der Waals surface area contributed by atoms with E-state index in [-0.39, 0.29) is 23.7 Å². The predicted octanol–water partition coefficient (Wildman–Crippen LogP) is 0.358. The summed E-state index contributed by atoms with van der Waals surface area (Å²) in [5.41, 5.74) is 0.301. The molecule has 2 rings (SSSR count). The van der Waals surface area contributed by atoms with E-state index in [0.717, 1.165) is 0 Å². The summed E-state index contributed by atoms with van der Waals surface area (Å²) in [6, 6.07) is 0. The molecule has 1 amide bonds. The van der Waals surface area contributed by atoms with Crippen molar-refractivity contribution in [2.45, 2.75) is 6.92 Å². The predicted molar refractivity (Wildman–Crippen MR) is 62.6 cm³/mol. The van der Waals surface area contributed by atoms with E-state index in [4.69, 9.17) is 4.74 Å². The Morgan fingerprint density at radius 2 is 2.17 bits per heavy atom. The molecule has 0 aromatic carbocycles. The van der Waals surface area contributed by atoms with Crippen LogP contribution in [0, 0.1) is 11.8 Å². The molecule has 1 aliphatic heterocycles. The number of hydrogen-bond donors (Lipinski definition) is 0. The number of hydrogen-bond acceptors (Lipinski definition) is 5. The number of carbonyl (C=O) groups excluding carboxylic acids is 2. The van der Waals surface area contributed by atoms with Crippen LogP contribution in [0.4, 0.5) is 0 Å². The summed E-state index contributed by atoms with van der Waals surface area (Å²) in [6.45, 7) is 2.85. The second-order valence-corrected chi connectivity index (χ2v) is 4.41. The van der Waals surface area contributed by atoms with Crippen LogP contribution in [0.15, 0.2) is 18.6 Å². The Morgan fingerprint density at radius 1 is 1.39 bits per heavy atom. The van der Waals surface area contributed by atoms with Crippen LogP contribution in [0.5, 0.6) is 0 Å². The van der Waals surface area contributed by atoms with Gasteiger partial charge in [-0.1, -0.05) is 6.92 Å². The number of nitrogens with zero attached hydrogens (tertiary/aromatic N) is 3. The number of carbonyl (C=O) groups is 2. The first-order valence-electron chi connectivity index (χ1n) is 5.76. The van der Waals surface area contributed by atoms with E-state index >= 15 is 0 Å². The number of rotatable bonds is 2. The van der Waals surface area contributed by atoms with Crippen molar-refractivity contribution in [1.29, 1.82) is 0 Å². The third-order valence-corrected chi connectivity index (χ3v) is 3.19. The number of ether oxygens (including phenoxy) is 1. The Balaban J connectivity index is 2.09. The summed E-state index contributed by atoms with van der Waals surface area (Å²) in [7, 11) is 1.36. The molecule has 1 fully saturated rings. The van der Waals surface area contributed by atoms with E-state index in [9.17, 15) is 9.59 Å². The minimum Gasteiger partial charge on any atom is -0.469 e. The van der Waals surface area contributed by atoms with Crippen molar-refractivity contribution in [2.24, 2.45) is 11.8 Å². The van der Waals surface area contributed by atoms with E-state index in [0.29, 0.717) is 18.8 Å². The first-order chi connectivity index (χ1) is 8.63. The van der Waals surface area contributed by atoms with Crippen molar-refractivity contribution in [2.75, 3.05) is 20.2 Å². The topological polar surface area (TPSA) is 72.4 Å². The molecule has 96 valence electrons. The van der Waals surface area contributed by atoms with Crippen molar-refractivity contribution in [3.63, 3.8) is 0 Å². The number of esters is 1. The molecule has 0 N–H and O–H groups in total. The van der Waals surface area contributed by atoms with Crippen LogP contribution in [-0.4, -0.2) is 46.9 Å². The fourth-order valence-electron chi connectivity index (χ4n) is 2.16. The minimum atomic E-state index is -0.267. The smallest absolute Gasteiger partial charge is 0.310 e. The molecule has 0 radical (unpaired) electrons. The number of amides is 1. The fraction of sp³-hybridized carbons (Fsp3) is 0.500. The zero-order valence-corrected chi connectivity index (χ0v) is 10.4. The van der Waals surface area contributed by atoms with Crippen LogP contribution in [0.1, 0.15) is 17.4 Å².